The Labute approximate surface area is 294 Å². The number of amides is 3. The van der Waals surface area contributed by atoms with Crippen LogP contribution in [0.5, 0.6) is 5.75 Å². The van der Waals surface area contributed by atoms with E-state index in [9.17, 15) is 27.6 Å². The van der Waals surface area contributed by atoms with Crippen molar-refractivity contribution in [3.8, 4) is 5.75 Å². The first-order valence-electron chi connectivity index (χ1n) is 15.6. The van der Waals surface area contributed by atoms with Crippen molar-refractivity contribution in [2.75, 3.05) is 16.8 Å². The second-order valence-electron chi connectivity index (χ2n) is 12.9. The summed E-state index contributed by atoms with van der Waals surface area (Å²) in [6.07, 6.45) is 0.718. The van der Waals surface area contributed by atoms with Gasteiger partial charge in [0.05, 0.1) is 27.4 Å². The largest absolute Gasteiger partial charge is 0.483 e. The molecule has 49 heavy (non-hydrogen) atoms. The SMILES string of the molecule is Cc1ccc(N2C(=O)C3C4CC(C3C2=O)C2C4Sc3[nH]c(=O)sc3[C@@H]2c2cc(Cl)ccc2OCC(=O)Nc2ccc(S(N)(=O)=O)cc2)cc1. The van der Waals surface area contributed by atoms with E-state index in [1.165, 1.54) is 29.2 Å². The van der Waals surface area contributed by atoms with E-state index in [0.717, 1.165) is 33.2 Å². The fraction of sp³-hybridized carbons (Fsp3) is 0.294. The molecule has 8 rings (SSSR count). The lowest BCUT2D eigenvalue weighted by Gasteiger charge is -2.43. The number of thiazole rings is 1. The number of hydrogen-bond donors (Lipinski definition) is 3. The van der Waals surface area contributed by atoms with E-state index < -0.39 is 27.8 Å². The number of aryl methyl sites for hydroxylation is 1. The van der Waals surface area contributed by atoms with Crippen LogP contribution >= 0.6 is 34.7 Å². The number of carbonyl (C=O) groups excluding carboxylic acids is 3. The lowest BCUT2D eigenvalue weighted by Crippen LogP contribution is -2.42. The minimum absolute atomic E-state index is 0.0424. The first-order valence-corrected chi connectivity index (χ1v) is 19.2. The average Bonchev–Trinajstić information content (AvgIpc) is 3.79. The zero-order valence-corrected chi connectivity index (χ0v) is 29.0. The van der Waals surface area contributed by atoms with Crippen LogP contribution in [0, 0.1) is 36.5 Å². The number of benzene rings is 3. The topological polar surface area (TPSA) is 169 Å². The first-order chi connectivity index (χ1) is 23.4. The van der Waals surface area contributed by atoms with Crippen molar-refractivity contribution in [1.29, 1.82) is 0 Å². The van der Waals surface area contributed by atoms with Crippen molar-refractivity contribution in [1.82, 2.24) is 4.98 Å². The number of nitrogens with one attached hydrogen (secondary N) is 2. The van der Waals surface area contributed by atoms with Gasteiger partial charge in [0.2, 0.25) is 21.8 Å². The summed E-state index contributed by atoms with van der Waals surface area (Å²) in [6.45, 7) is 1.59. The maximum Gasteiger partial charge on any atom is 0.305 e. The summed E-state index contributed by atoms with van der Waals surface area (Å²) >= 11 is 9.27. The first kappa shape index (κ1) is 32.3. The molecule has 6 unspecified atom stereocenters. The van der Waals surface area contributed by atoms with E-state index in [1.54, 1.807) is 30.0 Å². The second kappa shape index (κ2) is 11.8. The van der Waals surface area contributed by atoms with Gasteiger partial charge in [0.15, 0.2) is 6.61 Å². The van der Waals surface area contributed by atoms with Crippen LogP contribution in [0.1, 0.15) is 28.3 Å². The molecule has 3 amide bonds. The molecule has 2 bridgehead atoms. The number of aromatic amines is 1. The fourth-order valence-corrected chi connectivity index (χ4v) is 11.9. The molecule has 3 aromatic carbocycles. The molecule has 0 radical (unpaired) electrons. The summed E-state index contributed by atoms with van der Waals surface area (Å²) in [5.41, 5.74) is 2.66. The highest BCUT2D eigenvalue weighted by Gasteiger charge is 2.69. The number of hydrogen-bond acceptors (Lipinski definition) is 9. The van der Waals surface area contributed by atoms with E-state index in [-0.39, 0.29) is 57.1 Å². The third kappa shape index (κ3) is 5.40. The van der Waals surface area contributed by atoms with Gasteiger partial charge < -0.3 is 15.0 Å². The van der Waals surface area contributed by atoms with Crippen LogP contribution in [0.2, 0.25) is 5.02 Å². The van der Waals surface area contributed by atoms with Gasteiger partial charge in [0, 0.05) is 32.3 Å². The van der Waals surface area contributed by atoms with Gasteiger partial charge in [0.25, 0.3) is 5.91 Å². The molecule has 1 saturated heterocycles. The monoisotopic (exact) mass is 736 g/mol. The number of sulfonamides is 1. The number of anilines is 2. The number of nitrogens with zero attached hydrogens (tertiary/aromatic N) is 1. The van der Waals surface area contributed by atoms with E-state index in [1.807, 2.05) is 31.2 Å². The zero-order chi connectivity index (χ0) is 34.4. The average molecular weight is 737 g/mol. The van der Waals surface area contributed by atoms with Crippen LogP contribution in [-0.2, 0) is 24.4 Å². The molecule has 3 heterocycles. The second-order valence-corrected chi connectivity index (χ2v) is 17.1. The summed E-state index contributed by atoms with van der Waals surface area (Å²) in [5.74, 6) is -1.99. The zero-order valence-electron chi connectivity index (χ0n) is 25.8. The number of imide groups is 1. The molecule has 11 nitrogen and oxygen atoms in total. The van der Waals surface area contributed by atoms with Crippen molar-refractivity contribution < 1.29 is 27.5 Å². The Morgan fingerprint density at radius 1 is 1.02 bits per heavy atom. The molecule has 2 aliphatic carbocycles. The number of ether oxygens (including phenoxy) is 1. The van der Waals surface area contributed by atoms with E-state index in [4.69, 9.17) is 21.5 Å². The highest BCUT2D eigenvalue weighted by atomic mass is 35.5. The number of thioether (sulfide) groups is 1. The summed E-state index contributed by atoms with van der Waals surface area (Å²) in [4.78, 5) is 58.6. The molecule has 0 spiro atoms. The predicted octanol–water partition coefficient (Wildman–Crippen LogP) is 4.74. The Morgan fingerprint density at radius 3 is 2.41 bits per heavy atom. The maximum atomic E-state index is 14.1. The van der Waals surface area contributed by atoms with Crippen molar-refractivity contribution in [3.05, 3.63) is 97.4 Å². The predicted molar refractivity (Wildman–Crippen MR) is 186 cm³/mol. The van der Waals surface area contributed by atoms with Crippen molar-refractivity contribution in [2.45, 2.75) is 34.4 Å². The van der Waals surface area contributed by atoms with Crippen LogP contribution in [0.3, 0.4) is 0 Å². The van der Waals surface area contributed by atoms with Gasteiger partial charge in [-0.15, -0.1) is 11.8 Å². The Hall–Kier alpha value is -3.95. The molecular weight excluding hydrogens is 708 g/mol. The molecule has 2 saturated carbocycles. The Bertz CT molecular complexity index is 2200. The Balaban J connectivity index is 1.11. The highest BCUT2D eigenvalue weighted by Crippen LogP contribution is 2.69. The van der Waals surface area contributed by atoms with Gasteiger partial charge in [-0.25, -0.2) is 13.6 Å². The number of fused-ring (bicyclic) bond motifs is 9. The smallest absolute Gasteiger partial charge is 0.305 e. The normalized spacial score (nSPS) is 26.8. The molecule has 4 aliphatic rings. The standard InChI is InChI=1S/C34H29ClN4O7S3/c1-15-2-7-18(8-3-15)39-32(41)27-21-13-22(28(27)33(39)42)29-26(21)25(30-31(47-29)38-34(43)48-30)20-12-16(35)4-11-23(20)46-14-24(40)37-17-5-9-19(10-6-17)49(36,44)45/h2-12,21-22,25-29H,13-14H2,1H3,(H,37,40)(H,38,43)(H2,36,44,45)/t21?,22?,25-,26?,27?,28?,29?/m1/s1. The van der Waals surface area contributed by atoms with Gasteiger partial charge in [-0.05, 0) is 85.7 Å². The number of primary sulfonamides is 1. The third-order valence-corrected chi connectivity index (χ3v) is 13.9. The van der Waals surface area contributed by atoms with Gasteiger partial charge >= 0.3 is 4.87 Å². The Morgan fingerprint density at radius 2 is 1.71 bits per heavy atom. The van der Waals surface area contributed by atoms with Crippen molar-refractivity contribution >= 4 is 73.8 Å². The summed E-state index contributed by atoms with van der Waals surface area (Å²) < 4.78 is 29.3. The van der Waals surface area contributed by atoms with Crippen LogP contribution in [0.4, 0.5) is 11.4 Å². The molecule has 4 aromatic rings. The Kier molecular flexibility index (Phi) is 7.79. The molecular formula is C34H29ClN4O7S3. The number of nitrogens with two attached hydrogens (primary N) is 1. The van der Waals surface area contributed by atoms with E-state index in [0.29, 0.717) is 27.7 Å². The summed E-state index contributed by atoms with van der Waals surface area (Å²) in [5, 5.41) is 8.99. The van der Waals surface area contributed by atoms with E-state index >= 15 is 0 Å². The van der Waals surface area contributed by atoms with Gasteiger partial charge in [0.1, 0.15) is 5.75 Å². The van der Waals surface area contributed by atoms with Crippen LogP contribution in [0.15, 0.2) is 81.4 Å². The van der Waals surface area contributed by atoms with Crippen molar-refractivity contribution in [3.63, 3.8) is 0 Å². The summed E-state index contributed by atoms with van der Waals surface area (Å²) in [7, 11) is -3.88. The van der Waals surface area contributed by atoms with Crippen molar-refractivity contribution in [2.24, 2.45) is 34.7 Å². The maximum absolute atomic E-state index is 14.1. The lowest BCUT2D eigenvalue weighted by atomic mass is 9.68. The molecule has 15 heteroatoms. The molecule has 3 fully saturated rings. The van der Waals surface area contributed by atoms with Gasteiger partial charge in [-0.1, -0.05) is 40.6 Å². The molecule has 2 aliphatic heterocycles. The third-order valence-electron chi connectivity index (χ3n) is 10.1. The highest BCUT2D eigenvalue weighted by molar-refractivity contribution is 8.00. The van der Waals surface area contributed by atoms with Gasteiger partial charge in [-0.2, -0.15) is 0 Å². The van der Waals surface area contributed by atoms with E-state index in [2.05, 4.69) is 10.3 Å². The minimum atomic E-state index is -3.88. The fourth-order valence-electron chi connectivity index (χ4n) is 8.28. The quantitative estimate of drug-likeness (QED) is 0.229. The molecule has 7 atom stereocenters. The number of aromatic nitrogens is 1. The number of carbonyl (C=O) groups is 3. The molecule has 1 aromatic heterocycles. The number of H-pyrrole nitrogens is 1. The summed E-state index contributed by atoms with van der Waals surface area (Å²) in [6, 6.07) is 18.0. The number of rotatable bonds is 7. The minimum Gasteiger partial charge on any atom is -0.483 e. The molecule has 4 N–H and O–H groups in total. The lowest BCUT2D eigenvalue weighted by molar-refractivity contribution is -0.123. The van der Waals surface area contributed by atoms with Crippen LogP contribution in [-0.4, -0.2) is 43.0 Å². The number of halogens is 1. The van der Waals surface area contributed by atoms with Crippen LogP contribution in [0.25, 0.3) is 0 Å². The van der Waals surface area contributed by atoms with Gasteiger partial charge in [-0.3, -0.25) is 24.1 Å². The van der Waals surface area contributed by atoms with Crippen LogP contribution < -0.4 is 25.0 Å². The molecule has 252 valence electrons.